The van der Waals surface area contributed by atoms with Crippen molar-refractivity contribution in [2.24, 2.45) is 5.10 Å². The first-order chi connectivity index (χ1) is 13.0. The molecule has 6 heteroatoms. The molecule has 2 aromatic rings. The second-order valence-corrected chi connectivity index (χ2v) is 8.57. The summed E-state index contributed by atoms with van der Waals surface area (Å²) in [7, 11) is 0. The molecule has 1 fully saturated rings. The van der Waals surface area contributed by atoms with Crippen LogP contribution in [-0.4, -0.2) is 29.2 Å². The quantitative estimate of drug-likeness (QED) is 0.639. The number of aromatic nitrogens is 1. The molecule has 27 heavy (non-hydrogen) atoms. The van der Waals surface area contributed by atoms with Crippen molar-refractivity contribution in [3.8, 4) is 0 Å². The van der Waals surface area contributed by atoms with E-state index in [-0.39, 0.29) is 5.91 Å². The summed E-state index contributed by atoms with van der Waals surface area (Å²) in [5.41, 5.74) is 8.87. The molecule has 1 saturated carbocycles. The van der Waals surface area contributed by atoms with Gasteiger partial charge in [-0.2, -0.15) is 5.10 Å². The maximum absolute atomic E-state index is 12.4. The normalized spacial score (nSPS) is 18.4. The molecule has 5 nitrogen and oxygen atoms in total. The van der Waals surface area contributed by atoms with Crippen molar-refractivity contribution in [3.63, 3.8) is 0 Å². The molecule has 0 bridgehead atoms. The molecule has 0 saturated heterocycles. The van der Waals surface area contributed by atoms with Crippen LogP contribution in [0.3, 0.4) is 0 Å². The lowest BCUT2D eigenvalue weighted by molar-refractivity contribution is -0.116. The van der Waals surface area contributed by atoms with E-state index < -0.39 is 0 Å². The Labute approximate surface area is 164 Å². The zero-order valence-electron chi connectivity index (χ0n) is 16.1. The smallest absolute Gasteiger partial charge is 0.273 e. The Morgan fingerprint density at radius 3 is 2.89 bits per heavy atom. The third kappa shape index (κ3) is 3.77. The minimum atomic E-state index is -0.141. The van der Waals surface area contributed by atoms with Crippen molar-refractivity contribution >= 4 is 29.0 Å². The number of carbonyl (C=O) groups is 1. The number of hydrazone groups is 1. The predicted octanol–water partition coefficient (Wildman–Crippen LogP) is 3.72. The number of carbonyl (C=O) groups excluding carboxylic acids is 1. The summed E-state index contributed by atoms with van der Waals surface area (Å²) in [5, 5.41) is 9.86. The molecule has 3 N–H and O–H groups in total. The van der Waals surface area contributed by atoms with Crippen LogP contribution in [0.5, 0.6) is 0 Å². The second kappa shape index (κ2) is 7.44. The summed E-state index contributed by atoms with van der Waals surface area (Å²) in [4.78, 5) is 16.9. The molecule has 0 unspecified atom stereocenters. The second-order valence-electron chi connectivity index (χ2n) is 7.63. The van der Waals surface area contributed by atoms with Crippen molar-refractivity contribution < 1.29 is 4.79 Å². The van der Waals surface area contributed by atoms with Crippen LogP contribution in [0.15, 0.2) is 28.2 Å². The molecule has 4 rings (SSSR count). The van der Waals surface area contributed by atoms with Gasteiger partial charge in [-0.3, -0.25) is 4.79 Å². The molecule has 2 aliphatic rings. The number of thiophene rings is 1. The first kappa shape index (κ1) is 18.2. The van der Waals surface area contributed by atoms with Crippen molar-refractivity contribution in [2.45, 2.75) is 52.0 Å². The number of amides is 1. The molecule has 1 aliphatic heterocycles. The lowest BCUT2D eigenvalue weighted by Gasteiger charge is -2.11. The summed E-state index contributed by atoms with van der Waals surface area (Å²) in [6.45, 7) is 7.56. The van der Waals surface area contributed by atoms with E-state index in [0.717, 1.165) is 35.3 Å². The topological polar surface area (TPSA) is 69.3 Å². The largest absolute Gasteiger partial charge is 0.359 e. The monoisotopic (exact) mass is 382 g/mol. The van der Waals surface area contributed by atoms with Gasteiger partial charge in [0.05, 0.1) is 10.5 Å². The fourth-order valence-electron chi connectivity index (χ4n) is 3.71. The lowest BCUT2D eigenvalue weighted by atomic mass is 9.94. The first-order valence-electron chi connectivity index (χ1n) is 9.63. The summed E-state index contributed by atoms with van der Waals surface area (Å²) >= 11 is 1.59. The number of nitrogens with one attached hydrogen (secondary N) is 3. The Hall–Kier alpha value is -2.18. The Kier molecular flexibility index (Phi) is 5.02. The molecule has 0 atom stereocenters. The number of aromatic amines is 1. The molecule has 0 radical (unpaired) electrons. The highest BCUT2D eigenvalue weighted by Gasteiger charge is 2.26. The molecule has 1 amide bonds. The highest BCUT2D eigenvalue weighted by Crippen LogP contribution is 2.30. The van der Waals surface area contributed by atoms with E-state index in [2.05, 4.69) is 41.6 Å². The molecule has 142 valence electrons. The van der Waals surface area contributed by atoms with Crippen LogP contribution < -0.4 is 10.7 Å². The Bertz CT molecular complexity index is 901. The van der Waals surface area contributed by atoms with Crippen LogP contribution in [0.4, 0.5) is 0 Å². The third-order valence-corrected chi connectivity index (χ3v) is 6.04. The van der Waals surface area contributed by atoms with Gasteiger partial charge < -0.3 is 10.3 Å². The fraction of sp³-hybridized carbons (Fsp3) is 0.429. The summed E-state index contributed by atoms with van der Waals surface area (Å²) in [6.07, 6.45) is 5.59. The van der Waals surface area contributed by atoms with E-state index in [0.29, 0.717) is 11.5 Å². The van der Waals surface area contributed by atoms with Gasteiger partial charge in [0.25, 0.3) is 5.91 Å². The Morgan fingerprint density at radius 2 is 2.22 bits per heavy atom. The lowest BCUT2D eigenvalue weighted by Crippen LogP contribution is -2.19. The van der Waals surface area contributed by atoms with Gasteiger partial charge in [-0.25, -0.2) is 5.43 Å². The van der Waals surface area contributed by atoms with Gasteiger partial charge in [0.2, 0.25) is 0 Å². The zero-order valence-corrected chi connectivity index (χ0v) is 16.9. The van der Waals surface area contributed by atoms with Gasteiger partial charge in [0, 0.05) is 17.4 Å². The average Bonchev–Trinajstić information content (AvgIpc) is 3.01. The van der Waals surface area contributed by atoms with Gasteiger partial charge in [-0.15, -0.1) is 11.3 Å². The SMILES string of the molecule is Cc1[nH]c(C=C2C(=O)NN=C2c2cccs2)c(C(C)C)c1CCNC1CC1. The minimum Gasteiger partial charge on any atom is -0.359 e. The number of hydrogen-bond acceptors (Lipinski definition) is 4. The highest BCUT2D eigenvalue weighted by atomic mass is 32.1. The van der Waals surface area contributed by atoms with E-state index in [1.54, 1.807) is 11.3 Å². The predicted molar refractivity (Wildman–Crippen MR) is 111 cm³/mol. The van der Waals surface area contributed by atoms with Crippen LogP contribution in [0.1, 0.15) is 60.0 Å². The van der Waals surface area contributed by atoms with E-state index in [1.165, 1.54) is 29.7 Å². The average molecular weight is 383 g/mol. The molecule has 3 heterocycles. The fourth-order valence-corrected chi connectivity index (χ4v) is 4.44. The highest BCUT2D eigenvalue weighted by molar-refractivity contribution is 7.12. The molecule has 2 aromatic heterocycles. The van der Waals surface area contributed by atoms with E-state index in [9.17, 15) is 4.79 Å². The van der Waals surface area contributed by atoms with E-state index in [4.69, 9.17) is 0 Å². The standard InChI is InChI=1S/C21H26N4OS/c1-12(2)19-15(8-9-22-14-6-7-14)13(3)23-17(19)11-16-20(24-25-21(16)26)18-5-4-10-27-18/h4-5,10-12,14,22-23H,6-9H2,1-3H3,(H,25,26). The van der Waals surface area contributed by atoms with Crippen LogP contribution >= 0.6 is 11.3 Å². The van der Waals surface area contributed by atoms with Gasteiger partial charge in [-0.1, -0.05) is 19.9 Å². The number of nitrogens with zero attached hydrogens (tertiary/aromatic N) is 1. The molecule has 0 spiro atoms. The number of H-pyrrole nitrogens is 1. The van der Waals surface area contributed by atoms with Crippen molar-refractivity contribution in [3.05, 3.63) is 50.5 Å². The summed E-state index contributed by atoms with van der Waals surface area (Å²) in [5.74, 6) is 0.238. The van der Waals surface area contributed by atoms with E-state index in [1.807, 2.05) is 23.6 Å². The Morgan fingerprint density at radius 1 is 1.41 bits per heavy atom. The van der Waals surface area contributed by atoms with Crippen LogP contribution in [0.25, 0.3) is 6.08 Å². The van der Waals surface area contributed by atoms with Gasteiger partial charge in [0.15, 0.2) is 0 Å². The summed E-state index contributed by atoms with van der Waals surface area (Å²) in [6, 6.07) is 4.70. The van der Waals surface area contributed by atoms with Gasteiger partial charge >= 0.3 is 0 Å². The van der Waals surface area contributed by atoms with Crippen LogP contribution in [0.2, 0.25) is 0 Å². The number of hydrogen-bond donors (Lipinski definition) is 3. The van der Waals surface area contributed by atoms with Crippen molar-refractivity contribution in [1.82, 2.24) is 15.7 Å². The zero-order chi connectivity index (χ0) is 19.0. The molecular weight excluding hydrogens is 356 g/mol. The molecule has 1 aliphatic carbocycles. The minimum absolute atomic E-state index is 0.141. The maximum Gasteiger partial charge on any atom is 0.273 e. The number of aryl methyl sites for hydroxylation is 1. The van der Waals surface area contributed by atoms with Crippen molar-refractivity contribution in [1.29, 1.82) is 0 Å². The molecular formula is C21H26N4OS. The number of rotatable bonds is 7. The van der Waals surface area contributed by atoms with E-state index >= 15 is 0 Å². The van der Waals surface area contributed by atoms with Gasteiger partial charge in [0.1, 0.15) is 5.71 Å². The van der Waals surface area contributed by atoms with Crippen LogP contribution in [0, 0.1) is 6.92 Å². The summed E-state index contributed by atoms with van der Waals surface area (Å²) < 4.78 is 0. The first-order valence-corrected chi connectivity index (χ1v) is 10.5. The van der Waals surface area contributed by atoms with Crippen LogP contribution in [-0.2, 0) is 11.2 Å². The molecule has 0 aromatic carbocycles. The third-order valence-electron chi connectivity index (χ3n) is 5.17. The maximum atomic E-state index is 12.4. The Balaban J connectivity index is 1.66. The van der Waals surface area contributed by atoms with Gasteiger partial charge in [-0.05, 0) is 67.3 Å². The van der Waals surface area contributed by atoms with Crippen molar-refractivity contribution in [2.75, 3.05) is 6.54 Å².